The molecule has 3 N–H and O–H groups in total. The van der Waals surface area contributed by atoms with Gasteiger partial charge in [-0.25, -0.2) is 19.2 Å². The number of amides is 2. The van der Waals surface area contributed by atoms with Gasteiger partial charge in [0.25, 0.3) is 0 Å². The van der Waals surface area contributed by atoms with Gasteiger partial charge in [0.15, 0.2) is 0 Å². The van der Waals surface area contributed by atoms with Crippen molar-refractivity contribution >= 4 is 61.4 Å². The van der Waals surface area contributed by atoms with E-state index in [1.165, 1.54) is 16.0 Å². The van der Waals surface area contributed by atoms with Crippen molar-refractivity contribution < 1.29 is 51.8 Å². The Morgan fingerprint density at radius 3 is 1.30 bits per heavy atom. The summed E-state index contributed by atoms with van der Waals surface area (Å²) < 4.78 is 16.5. The largest absolute Gasteiger partial charge is 0.154 e. The van der Waals surface area contributed by atoms with Crippen molar-refractivity contribution in [2.75, 3.05) is 13.1 Å². The van der Waals surface area contributed by atoms with Gasteiger partial charge in [-0.05, 0) is 109 Å². The molecule has 0 aliphatic carbocycles. The van der Waals surface area contributed by atoms with Gasteiger partial charge < -0.3 is 19.3 Å². The molecule has 0 saturated carbocycles. The summed E-state index contributed by atoms with van der Waals surface area (Å²) in [5.41, 5.74) is 11.1. The van der Waals surface area contributed by atoms with Crippen LogP contribution >= 0.6 is 37.2 Å². The number of nitrogens with zero attached hydrogens (tertiary/aromatic N) is 2. The van der Waals surface area contributed by atoms with Crippen LogP contribution in [0.1, 0.15) is 91.3 Å². The summed E-state index contributed by atoms with van der Waals surface area (Å²) in [7, 11) is 0. The second-order valence-corrected chi connectivity index (χ2v) is 32.3. The number of piperidine rings is 2. The van der Waals surface area contributed by atoms with Crippen LogP contribution < -0.4 is 13.3 Å². The third kappa shape index (κ3) is 23.0. The molecule has 61 heavy (non-hydrogen) atoms. The third-order valence-electron chi connectivity index (χ3n) is 9.13. The minimum absolute atomic E-state index is 0. The quantitative estimate of drug-likeness (QED) is 0.0851. The Balaban J connectivity index is 0.00000104. The Morgan fingerprint density at radius 2 is 0.951 bits per heavy atom. The van der Waals surface area contributed by atoms with Gasteiger partial charge in [-0.15, -0.1) is 0 Å². The zero-order chi connectivity index (χ0) is 45.3. The van der Waals surface area contributed by atoms with Crippen molar-refractivity contribution in [3.8, 4) is 0 Å². The summed E-state index contributed by atoms with van der Waals surface area (Å²) in [4.78, 5) is 67.5. The minimum Gasteiger partial charge on any atom is -0.154 e. The molecule has 2 fully saturated rings. The minimum atomic E-state index is -0.964. The zero-order valence-electron chi connectivity index (χ0n) is 35.0. The fourth-order valence-corrected chi connectivity index (χ4v) is 6.69. The van der Waals surface area contributed by atoms with Gasteiger partial charge in [-0.1, -0.05) is 110 Å². The summed E-state index contributed by atoms with van der Waals surface area (Å²) in [6.45, 7) is 11.9. The van der Waals surface area contributed by atoms with Gasteiger partial charge in [-0.2, -0.15) is 9.81 Å². The van der Waals surface area contributed by atoms with Crippen LogP contribution in [0.15, 0.2) is 91.0 Å². The molecule has 0 unspecified atom stereocenters. The first kappa shape index (κ1) is 57.5. The molecule has 2 aliphatic heterocycles. The SMILES string of the molecule is C.CC(C)(C)OC(=O)N1C[C@H](Cc2ccccc2)CC[C@H]1C(=O)O.CC(C)(C)OC(=O)N1C[C@H](Cc2ccccc2)CC[C@H]1C(=O)OCc1ccccc1.I[I-]I.N=O.N=O. The predicted octanol–water partition coefficient (Wildman–Crippen LogP) is 8.39. The first-order valence-electron chi connectivity index (χ1n) is 19.3. The van der Waals surface area contributed by atoms with Gasteiger partial charge in [0.2, 0.25) is 0 Å². The number of carbonyl (C=O) groups excluding carboxylic acids is 3. The maximum Gasteiger partial charge on any atom is -0.0850 e. The molecule has 0 spiro atoms. The topological polar surface area (TPSA) is 205 Å². The number of hydrogen-bond donors (Lipinski definition) is 3. The van der Waals surface area contributed by atoms with E-state index in [0.29, 0.717) is 39.2 Å². The molecule has 340 valence electrons. The average molecular weight is 1190 g/mol. The molecule has 5 rings (SSSR count). The monoisotopic (exact) mass is 1190 g/mol. The van der Waals surface area contributed by atoms with Gasteiger partial charge in [-0.3, -0.25) is 9.80 Å². The van der Waals surface area contributed by atoms with E-state index in [-0.39, 0.29) is 31.8 Å². The normalized spacial score (nSPS) is 18.2. The number of nitroso groups, excluding NO2 is 2. The number of rotatable bonds is 8. The van der Waals surface area contributed by atoms with E-state index in [1.54, 1.807) is 25.7 Å². The summed E-state index contributed by atoms with van der Waals surface area (Å²) >= 11 is 5.30. The third-order valence-corrected chi connectivity index (χ3v) is 9.13. The number of ether oxygens (including phenoxy) is 3. The molecule has 4 atom stereocenters. The van der Waals surface area contributed by atoms with E-state index in [9.17, 15) is 24.3 Å². The van der Waals surface area contributed by atoms with E-state index < -0.39 is 41.4 Å². The molecule has 3 aromatic rings. The van der Waals surface area contributed by atoms with Crippen LogP contribution in [0, 0.1) is 32.8 Å². The van der Waals surface area contributed by atoms with Crippen molar-refractivity contribution in [3.05, 3.63) is 117 Å². The second-order valence-electron chi connectivity index (χ2n) is 16.0. The van der Waals surface area contributed by atoms with Crippen LogP contribution in [0.25, 0.3) is 0 Å². The molecule has 2 heterocycles. The number of esters is 1. The Bertz CT molecular complexity index is 1700. The van der Waals surface area contributed by atoms with Crippen molar-refractivity contribution in [2.24, 2.45) is 11.8 Å². The predicted molar refractivity (Wildman–Crippen MR) is 250 cm³/mol. The number of carboxylic acids is 1. The molecule has 0 aromatic heterocycles. The molecule has 14 nitrogen and oxygen atoms in total. The van der Waals surface area contributed by atoms with Crippen LogP contribution in [0.5, 0.6) is 0 Å². The van der Waals surface area contributed by atoms with E-state index >= 15 is 0 Å². The number of nitrogens with one attached hydrogen (secondary N) is 2. The van der Waals surface area contributed by atoms with Gasteiger partial charge in [0.1, 0.15) is 29.9 Å². The first-order chi connectivity index (χ1) is 28.5. The number of carbonyl (C=O) groups is 4. The number of likely N-dealkylation sites (tertiary alicyclic amines) is 2. The molecular formula is C44H62I3N4O10-. The smallest absolute Gasteiger partial charge is 0.0850 e. The van der Waals surface area contributed by atoms with Crippen molar-refractivity contribution in [2.45, 2.75) is 117 Å². The summed E-state index contributed by atoms with van der Waals surface area (Å²) in [5.74, 6) is -0.810. The maximum absolute atomic E-state index is 12.9. The van der Waals surface area contributed by atoms with Crippen LogP contribution in [0.4, 0.5) is 9.59 Å². The van der Waals surface area contributed by atoms with Gasteiger partial charge in [0.05, 0.1) is 0 Å². The van der Waals surface area contributed by atoms with Crippen molar-refractivity contribution in [3.63, 3.8) is 0 Å². The number of halogens is 3. The molecule has 0 bridgehead atoms. The number of benzene rings is 3. The van der Waals surface area contributed by atoms with Gasteiger partial charge in [0, 0.05) is 13.1 Å². The Kier molecular flexibility index (Phi) is 28.8. The molecule has 0 radical (unpaired) electrons. The molecule has 2 saturated heterocycles. The zero-order valence-corrected chi connectivity index (χ0v) is 41.5. The van der Waals surface area contributed by atoms with E-state index in [1.807, 2.05) is 87.5 Å². The first-order valence-corrected chi connectivity index (χ1v) is 31.8. The molecule has 2 aliphatic rings. The Labute approximate surface area is 390 Å². The Morgan fingerprint density at radius 1 is 0.623 bits per heavy atom. The molecular weight excluding hydrogens is 1130 g/mol. The number of carboxylic acid groups (broad SMARTS) is 1. The number of hydrogen-bond acceptors (Lipinski definition) is 11. The van der Waals surface area contributed by atoms with E-state index in [4.69, 9.17) is 24.0 Å². The number of aliphatic carboxylic acids is 1. The average Bonchev–Trinajstić information content (AvgIpc) is 3.22. The van der Waals surface area contributed by atoms with Crippen molar-refractivity contribution in [1.29, 1.82) is 11.2 Å². The molecule has 3 aromatic carbocycles. The fraction of sp³-hybridized carbons (Fsp3) is 0.500. The van der Waals surface area contributed by atoms with E-state index in [0.717, 1.165) is 31.2 Å². The standard InChI is InChI=1S/C25H31NO4.C18H25NO4.CH4.I3.2HNO/c1-25(2,3)30-24(28)26-17-21(16-19-10-6-4-7-11-19)14-15-22(26)23(27)29-18-20-12-8-5-9-13-20;1-18(2,3)23-17(22)19-12-14(9-10-15(19)16(20)21)11-13-7-5-4-6-8-13;;1-3-2;2*1-2/h4-13,21-22H,14-18H2,1-3H3;4-8,14-15H,9-12H2,1-3H3,(H,20,21);1H4;;2*1H/q;;;-1;;/t21-,22-;14-,15-;;;;/m00..../s1. The van der Waals surface area contributed by atoms with Crippen LogP contribution in [-0.4, -0.2) is 75.4 Å². The van der Waals surface area contributed by atoms with Crippen LogP contribution in [-0.2, 0) is 43.2 Å². The molecule has 2 amide bonds. The van der Waals surface area contributed by atoms with Gasteiger partial charge >= 0.3 is 74.6 Å². The Hall–Kier alpha value is -3.47. The fourth-order valence-electron chi connectivity index (χ4n) is 6.69. The molecule has 17 heteroatoms. The summed E-state index contributed by atoms with van der Waals surface area (Å²) in [6, 6.07) is 28.4. The van der Waals surface area contributed by atoms with Crippen molar-refractivity contribution in [1.82, 2.24) is 9.80 Å². The second kappa shape index (κ2) is 30.6. The maximum atomic E-state index is 12.9. The summed E-state index contributed by atoms with van der Waals surface area (Å²) in [5, 5.41) is 9.38. The van der Waals surface area contributed by atoms with Crippen LogP contribution in [0.3, 0.4) is 0 Å². The summed E-state index contributed by atoms with van der Waals surface area (Å²) in [6.07, 6.45) is 3.41. The van der Waals surface area contributed by atoms with Crippen LogP contribution in [0.2, 0.25) is 0 Å². The van der Waals surface area contributed by atoms with E-state index in [2.05, 4.69) is 72.7 Å².